The van der Waals surface area contributed by atoms with E-state index in [1.165, 1.54) is 5.56 Å². The predicted octanol–water partition coefficient (Wildman–Crippen LogP) is 9.65. The van der Waals surface area contributed by atoms with Crippen molar-refractivity contribution in [3.05, 3.63) is 167 Å². The fourth-order valence-electron chi connectivity index (χ4n) is 11.4. The molecule has 4 N–H and O–H groups in total. The number of morpholine rings is 1. The monoisotopic (exact) mass is 1080 g/mol. The summed E-state index contributed by atoms with van der Waals surface area (Å²) < 4.78 is 22.1. The summed E-state index contributed by atoms with van der Waals surface area (Å²) in [6.07, 6.45) is 3.84. The first-order valence-electron chi connectivity index (χ1n) is 28.1. The van der Waals surface area contributed by atoms with E-state index in [9.17, 15) is 19.2 Å². The first kappa shape index (κ1) is 58.1. The average Bonchev–Trinajstić information content (AvgIpc) is 3.47. The van der Waals surface area contributed by atoms with E-state index < -0.39 is 0 Å². The van der Waals surface area contributed by atoms with Crippen LogP contribution in [-0.4, -0.2) is 112 Å². The molecule has 5 heterocycles. The van der Waals surface area contributed by atoms with Gasteiger partial charge < -0.3 is 49.3 Å². The van der Waals surface area contributed by atoms with Crippen LogP contribution in [0.1, 0.15) is 111 Å². The molecule has 3 aliphatic rings. The zero-order valence-electron chi connectivity index (χ0n) is 47.9. The number of nitrogens with zero attached hydrogens (tertiary/aromatic N) is 3. The van der Waals surface area contributed by atoms with Crippen LogP contribution >= 0.6 is 0 Å². The summed E-state index contributed by atoms with van der Waals surface area (Å²) in [6.45, 7) is 25.3. The Balaban J connectivity index is 0.000000210. The van der Waals surface area contributed by atoms with Gasteiger partial charge in [0.05, 0.1) is 20.3 Å². The second-order valence-electron chi connectivity index (χ2n) is 21.2. The van der Waals surface area contributed by atoms with Crippen LogP contribution in [0.15, 0.2) is 94.5 Å². The lowest BCUT2D eigenvalue weighted by Crippen LogP contribution is -2.40. The van der Waals surface area contributed by atoms with Crippen molar-refractivity contribution < 1.29 is 28.5 Å². The number of aromatic nitrogens is 2. The van der Waals surface area contributed by atoms with Gasteiger partial charge in [-0.05, 0) is 180 Å². The number of methoxy groups -OCH3 is 1. The highest BCUT2D eigenvalue weighted by atomic mass is 16.5. The van der Waals surface area contributed by atoms with Crippen LogP contribution in [0.5, 0.6) is 5.75 Å². The number of aromatic amines is 2. The Morgan fingerprint density at radius 3 is 1.37 bits per heavy atom. The van der Waals surface area contributed by atoms with Gasteiger partial charge in [0.25, 0.3) is 22.9 Å². The molecule has 4 aromatic carbocycles. The molecule has 0 unspecified atom stereocenters. The molecule has 0 bridgehead atoms. The summed E-state index contributed by atoms with van der Waals surface area (Å²) in [5.74, 6) is 0.406. The van der Waals surface area contributed by atoms with Crippen molar-refractivity contribution in [1.82, 2.24) is 25.5 Å². The third kappa shape index (κ3) is 14.4. The summed E-state index contributed by atoms with van der Waals surface area (Å²) in [5, 5.41) is 6.04. The van der Waals surface area contributed by atoms with E-state index in [0.717, 1.165) is 171 Å². The van der Waals surface area contributed by atoms with Gasteiger partial charge in [-0.15, -0.1) is 0 Å². The Bertz CT molecular complexity index is 3170. The topological polar surface area (TPSA) is 171 Å². The number of carbonyl (C=O) groups is 2. The first-order valence-corrected chi connectivity index (χ1v) is 28.1. The number of anilines is 2. The third-order valence-corrected chi connectivity index (χ3v) is 15.9. The number of hydrogen-bond acceptors (Lipinski definition) is 11. The SMILES string of the molecule is CCN(c1cc(-c2ccc(CN3CCOCC3)cc2)cc(C(=O)NCc2c(C)cc(C)[nH]c2=O)c1C)C1CCOCC1.CCN(c1cc(-c2ccc(OC)cc2)cc(C(=O)NCc2c(C)cc(C)[nH]c2=O)c1C)C1CCOCC1. The van der Waals surface area contributed by atoms with E-state index in [-0.39, 0.29) is 36.0 Å². The van der Waals surface area contributed by atoms with Gasteiger partial charge in [0.1, 0.15) is 5.75 Å². The second kappa shape index (κ2) is 27.2. The van der Waals surface area contributed by atoms with Crippen molar-refractivity contribution in [2.45, 2.75) is 113 Å². The highest BCUT2D eigenvalue weighted by molar-refractivity contribution is 6.00. The van der Waals surface area contributed by atoms with Crippen LogP contribution in [0, 0.1) is 41.5 Å². The summed E-state index contributed by atoms with van der Waals surface area (Å²) in [7, 11) is 1.65. The first-order chi connectivity index (χ1) is 38.1. The van der Waals surface area contributed by atoms with Crippen LogP contribution in [0.2, 0.25) is 0 Å². The maximum atomic E-state index is 13.7. The van der Waals surface area contributed by atoms with Gasteiger partial charge in [-0.1, -0.05) is 36.4 Å². The Morgan fingerprint density at radius 2 is 0.975 bits per heavy atom. The van der Waals surface area contributed by atoms with Gasteiger partial charge in [0.15, 0.2) is 0 Å². The Labute approximate surface area is 466 Å². The molecule has 3 saturated heterocycles. The lowest BCUT2D eigenvalue weighted by molar-refractivity contribution is 0.0342. The molecule has 0 aliphatic carbocycles. The minimum absolute atomic E-state index is 0.159. The summed E-state index contributed by atoms with van der Waals surface area (Å²) >= 11 is 0. The van der Waals surface area contributed by atoms with Crippen molar-refractivity contribution in [2.24, 2.45) is 0 Å². The van der Waals surface area contributed by atoms with Crippen molar-refractivity contribution in [3.63, 3.8) is 0 Å². The smallest absolute Gasteiger partial charge is 0.253 e. The quantitative estimate of drug-likeness (QED) is 0.0686. The van der Waals surface area contributed by atoms with Crippen LogP contribution in [0.4, 0.5) is 11.4 Å². The fourth-order valence-corrected chi connectivity index (χ4v) is 11.4. The normalized spacial score (nSPS) is 15.2. The van der Waals surface area contributed by atoms with E-state index in [1.54, 1.807) is 7.11 Å². The molecule has 2 amide bonds. The zero-order chi connectivity index (χ0) is 56.2. The van der Waals surface area contributed by atoms with Gasteiger partial charge in [0.2, 0.25) is 0 Å². The number of carbonyl (C=O) groups excluding carboxylic acids is 2. The molecule has 0 radical (unpaired) electrons. The van der Waals surface area contributed by atoms with Gasteiger partial charge in [0, 0.05) is 129 Å². The van der Waals surface area contributed by atoms with Gasteiger partial charge in [-0.3, -0.25) is 24.1 Å². The molecule has 0 saturated carbocycles. The summed E-state index contributed by atoms with van der Waals surface area (Å²) in [6, 6.07) is 29.5. The molecule has 15 heteroatoms. The van der Waals surface area contributed by atoms with Crippen molar-refractivity contribution in [1.29, 1.82) is 0 Å². The molecule has 15 nitrogen and oxygen atoms in total. The van der Waals surface area contributed by atoms with E-state index in [4.69, 9.17) is 18.9 Å². The minimum atomic E-state index is -0.198. The molecular formula is C64H81N7O8. The molecule has 9 rings (SSSR count). The highest BCUT2D eigenvalue weighted by Crippen LogP contribution is 2.36. The third-order valence-electron chi connectivity index (χ3n) is 15.9. The number of ether oxygens (including phenoxy) is 4. The number of aryl methyl sites for hydroxylation is 4. The highest BCUT2D eigenvalue weighted by Gasteiger charge is 2.27. The lowest BCUT2D eigenvalue weighted by Gasteiger charge is -2.37. The number of H-pyrrole nitrogens is 2. The second-order valence-corrected chi connectivity index (χ2v) is 21.2. The van der Waals surface area contributed by atoms with Crippen LogP contribution < -0.4 is 36.3 Å². The van der Waals surface area contributed by atoms with E-state index in [2.05, 4.69) is 85.5 Å². The minimum Gasteiger partial charge on any atom is -0.497 e. The molecule has 6 aromatic rings. The fraction of sp³-hybridized carbons (Fsp3) is 0.438. The average molecular weight is 1080 g/mol. The Kier molecular flexibility index (Phi) is 20.0. The van der Waals surface area contributed by atoms with Crippen molar-refractivity contribution in [3.8, 4) is 28.0 Å². The molecule has 3 aliphatic heterocycles. The van der Waals surface area contributed by atoms with Crippen molar-refractivity contribution >= 4 is 23.2 Å². The Hall–Kier alpha value is -7.04. The van der Waals surface area contributed by atoms with E-state index in [0.29, 0.717) is 34.3 Å². The van der Waals surface area contributed by atoms with E-state index in [1.807, 2.05) is 90.1 Å². The number of pyridine rings is 2. The number of nitrogens with one attached hydrogen (secondary N) is 4. The van der Waals surface area contributed by atoms with Crippen LogP contribution in [0.25, 0.3) is 22.3 Å². The Morgan fingerprint density at radius 1 is 0.570 bits per heavy atom. The molecule has 79 heavy (non-hydrogen) atoms. The van der Waals surface area contributed by atoms with Gasteiger partial charge in [-0.25, -0.2) is 0 Å². The van der Waals surface area contributed by atoms with Gasteiger partial charge >= 0.3 is 0 Å². The van der Waals surface area contributed by atoms with Crippen LogP contribution in [0.3, 0.4) is 0 Å². The number of benzene rings is 4. The van der Waals surface area contributed by atoms with Gasteiger partial charge in [-0.2, -0.15) is 0 Å². The zero-order valence-corrected chi connectivity index (χ0v) is 47.9. The number of hydrogen-bond donors (Lipinski definition) is 4. The molecule has 0 atom stereocenters. The predicted molar refractivity (Wildman–Crippen MR) is 315 cm³/mol. The molecule has 420 valence electrons. The largest absolute Gasteiger partial charge is 0.497 e. The van der Waals surface area contributed by atoms with Crippen LogP contribution in [-0.2, 0) is 33.8 Å². The lowest BCUT2D eigenvalue weighted by atomic mass is 9.94. The standard InChI is InChI=1S/C34H44N4O4.C30H37N3O4/c1-5-38(29-10-14-41-15-11-29)32-20-28(27-8-6-26(7-9-27)22-37-12-16-42-17-13-37)19-30(25(32)4)33(39)35-21-31-23(2)18-24(3)36-34(31)40;1-6-33(24-11-13-37-14-12-24)28-17-23(22-7-9-25(36-5)10-8-22)16-26(21(28)4)29(34)31-18-27-19(2)15-20(3)32-30(27)35/h6-9,18-20,29H,5,10-17,21-22H2,1-4H3,(H,35,39)(H,36,40);7-10,15-17,24H,6,11-14,18H2,1-5H3,(H,31,34)(H,32,35). The van der Waals surface area contributed by atoms with E-state index >= 15 is 0 Å². The maximum absolute atomic E-state index is 13.7. The number of amides is 2. The maximum Gasteiger partial charge on any atom is 0.253 e. The summed E-state index contributed by atoms with van der Waals surface area (Å²) in [4.78, 5) is 65.3. The number of rotatable bonds is 17. The summed E-state index contributed by atoms with van der Waals surface area (Å²) in [5.41, 5.74) is 14.7. The molecule has 3 fully saturated rings. The van der Waals surface area contributed by atoms with Crippen molar-refractivity contribution in [2.75, 3.05) is 82.7 Å². The molecule has 2 aromatic heterocycles. The molecule has 0 spiro atoms. The molecular weight excluding hydrogens is 995 g/mol.